The fourth-order valence-electron chi connectivity index (χ4n) is 1.47. The second-order valence-corrected chi connectivity index (χ2v) is 4.16. The van der Waals surface area contributed by atoms with Gasteiger partial charge < -0.3 is 4.74 Å². The van der Waals surface area contributed by atoms with Crippen LogP contribution in [0.1, 0.15) is 44.7 Å². The van der Waals surface area contributed by atoms with Crippen LogP contribution in [0, 0.1) is 0 Å². The Labute approximate surface area is 92.8 Å². The fraction of sp³-hybridized carbons (Fsp3) is 0.429. The Morgan fingerprint density at radius 3 is 2.00 bits per heavy atom. The van der Waals surface area contributed by atoms with E-state index in [9.17, 15) is 0 Å². The first kappa shape index (κ1) is 11.8. The van der Waals surface area contributed by atoms with Crippen LogP contribution in [0.5, 0.6) is 0 Å². The molecule has 0 spiro atoms. The topological polar surface area (TPSA) is 9.23 Å². The molecule has 0 heterocycles. The van der Waals surface area contributed by atoms with Gasteiger partial charge in [-0.3, -0.25) is 0 Å². The summed E-state index contributed by atoms with van der Waals surface area (Å²) in [6.45, 7) is 8.49. The standard InChI is InChI=1S/C14H20O/c1-10(2)13-6-8-14(9-7-13)11(3)12(4)15-5/h6-10H,1-5H3. The van der Waals surface area contributed by atoms with Crippen LogP contribution in [0.25, 0.3) is 5.57 Å². The summed E-state index contributed by atoms with van der Waals surface area (Å²) in [6, 6.07) is 8.69. The average Bonchev–Trinajstić information content (AvgIpc) is 2.27. The molecule has 0 radical (unpaired) electrons. The van der Waals surface area contributed by atoms with Gasteiger partial charge in [-0.05, 0) is 36.5 Å². The van der Waals surface area contributed by atoms with Crippen LogP contribution in [0.15, 0.2) is 30.0 Å². The van der Waals surface area contributed by atoms with Crippen LogP contribution in [-0.2, 0) is 4.74 Å². The van der Waals surface area contributed by atoms with Gasteiger partial charge >= 0.3 is 0 Å². The molecular formula is C14H20O. The second kappa shape index (κ2) is 5.01. The third-order valence-electron chi connectivity index (χ3n) is 2.84. The summed E-state index contributed by atoms with van der Waals surface area (Å²) in [6.07, 6.45) is 0. The number of hydrogen-bond acceptors (Lipinski definition) is 1. The van der Waals surface area contributed by atoms with E-state index in [1.165, 1.54) is 16.7 Å². The van der Waals surface area contributed by atoms with Crippen molar-refractivity contribution in [3.63, 3.8) is 0 Å². The van der Waals surface area contributed by atoms with Gasteiger partial charge in [0.2, 0.25) is 0 Å². The minimum atomic E-state index is 0.590. The molecule has 0 saturated carbocycles. The molecule has 15 heavy (non-hydrogen) atoms. The molecule has 0 aliphatic rings. The largest absolute Gasteiger partial charge is 0.501 e. The minimum Gasteiger partial charge on any atom is -0.501 e. The lowest BCUT2D eigenvalue weighted by Gasteiger charge is -2.09. The van der Waals surface area contributed by atoms with E-state index < -0.39 is 0 Å². The van der Waals surface area contributed by atoms with E-state index in [0.717, 1.165) is 5.76 Å². The van der Waals surface area contributed by atoms with Gasteiger partial charge in [-0.2, -0.15) is 0 Å². The normalized spacial score (nSPS) is 12.7. The van der Waals surface area contributed by atoms with Crippen LogP contribution < -0.4 is 0 Å². The van der Waals surface area contributed by atoms with Gasteiger partial charge in [-0.1, -0.05) is 38.1 Å². The molecule has 0 fully saturated rings. The number of hydrogen-bond donors (Lipinski definition) is 0. The molecule has 1 rings (SSSR count). The fourth-order valence-corrected chi connectivity index (χ4v) is 1.47. The summed E-state index contributed by atoms with van der Waals surface area (Å²) in [5.74, 6) is 1.57. The number of rotatable bonds is 3. The summed E-state index contributed by atoms with van der Waals surface area (Å²) in [4.78, 5) is 0. The highest BCUT2D eigenvalue weighted by Crippen LogP contribution is 2.21. The Hall–Kier alpha value is -1.24. The minimum absolute atomic E-state index is 0.590. The molecule has 0 aliphatic carbocycles. The van der Waals surface area contributed by atoms with Crippen molar-refractivity contribution < 1.29 is 4.74 Å². The van der Waals surface area contributed by atoms with E-state index in [1.807, 2.05) is 6.92 Å². The first-order valence-corrected chi connectivity index (χ1v) is 5.38. The van der Waals surface area contributed by atoms with Crippen molar-refractivity contribution in [1.82, 2.24) is 0 Å². The summed E-state index contributed by atoms with van der Waals surface area (Å²) < 4.78 is 5.22. The SMILES string of the molecule is COC(C)=C(C)c1ccc(C(C)C)cc1. The summed E-state index contributed by atoms with van der Waals surface area (Å²) in [5, 5.41) is 0. The smallest absolute Gasteiger partial charge is 0.0959 e. The molecular weight excluding hydrogens is 184 g/mol. The molecule has 0 unspecified atom stereocenters. The van der Waals surface area contributed by atoms with E-state index in [4.69, 9.17) is 4.74 Å². The number of methoxy groups -OCH3 is 1. The first-order valence-electron chi connectivity index (χ1n) is 5.38. The maximum absolute atomic E-state index is 5.22. The molecule has 1 nitrogen and oxygen atoms in total. The van der Waals surface area contributed by atoms with Gasteiger partial charge in [-0.15, -0.1) is 0 Å². The molecule has 0 N–H and O–H groups in total. The lowest BCUT2D eigenvalue weighted by Crippen LogP contribution is -1.90. The number of ether oxygens (including phenoxy) is 1. The molecule has 0 saturated heterocycles. The molecule has 0 aliphatic heterocycles. The van der Waals surface area contributed by atoms with Crippen molar-refractivity contribution in [1.29, 1.82) is 0 Å². The Bertz CT molecular complexity index is 344. The van der Waals surface area contributed by atoms with Crippen molar-refractivity contribution in [2.45, 2.75) is 33.6 Å². The van der Waals surface area contributed by atoms with Crippen molar-refractivity contribution in [3.05, 3.63) is 41.2 Å². The van der Waals surface area contributed by atoms with E-state index in [2.05, 4.69) is 45.0 Å². The van der Waals surface area contributed by atoms with Crippen molar-refractivity contribution >= 4 is 5.57 Å². The Balaban J connectivity index is 2.99. The third kappa shape index (κ3) is 2.85. The zero-order chi connectivity index (χ0) is 11.4. The first-order chi connectivity index (χ1) is 7.06. The van der Waals surface area contributed by atoms with Crippen molar-refractivity contribution in [3.8, 4) is 0 Å². The summed E-state index contributed by atoms with van der Waals surface area (Å²) >= 11 is 0. The van der Waals surface area contributed by atoms with Crippen LogP contribution in [0.4, 0.5) is 0 Å². The molecule has 0 atom stereocenters. The number of benzene rings is 1. The summed E-state index contributed by atoms with van der Waals surface area (Å²) in [7, 11) is 1.71. The van der Waals surface area contributed by atoms with Crippen LogP contribution >= 0.6 is 0 Å². The quantitative estimate of drug-likeness (QED) is 0.670. The van der Waals surface area contributed by atoms with Crippen LogP contribution in [-0.4, -0.2) is 7.11 Å². The van der Waals surface area contributed by atoms with E-state index in [0.29, 0.717) is 5.92 Å². The molecule has 0 amide bonds. The van der Waals surface area contributed by atoms with E-state index in [1.54, 1.807) is 7.11 Å². The van der Waals surface area contributed by atoms with Crippen LogP contribution in [0.3, 0.4) is 0 Å². The Morgan fingerprint density at radius 1 is 1.07 bits per heavy atom. The third-order valence-corrected chi connectivity index (χ3v) is 2.84. The van der Waals surface area contributed by atoms with Crippen LogP contribution in [0.2, 0.25) is 0 Å². The second-order valence-electron chi connectivity index (χ2n) is 4.16. The van der Waals surface area contributed by atoms with Gasteiger partial charge in [0.15, 0.2) is 0 Å². The molecule has 0 bridgehead atoms. The highest BCUT2D eigenvalue weighted by atomic mass is 16.5. The zero-order valence-electron chi connectivity index (χ0n) is 10.3. The van der Waals surface area contributed by atoms with E-state index in [-0.39, 0.29) is 0 Å². The lowest BCUT2D eigenvalue weighted by molar-refractivity contribution is 0.295. The molecule has 1 aromatic carbocycles. The Morgan fingerprint density at radius 2 is 1.60 bits per heavy atom. The molecule has 82 valence electrons. The van der Waals surface area contributed by atoms with Gasteiger partial charge in [0.25, 0.3) is 0 Å². The molecule has 0 aromatic heterocycles. The van der Waals surface area contributed by atoms with Gasteiger partial charge in [0.05, 0.1) is 12.9 Å². The van der Waals surface area contributed by atoms with Gasteiger partial charge in [0, 0.05) is 0 Å². The van der Waals surface area contributed by atoms with Crippen molar-refractivity contribution in [2.24, 2.45) is 0 Å². The van der Waals surface area contributed by atoms with Gasteiger partial charge in [-0.25, -0.2) is 0 Å². The van der Waals surface area contributed by atoms with Gasteiger partial charge in [0.1, 0.15) is 0 Å². The maximum atomic E-state index is 5.22. The number of allylic oxidation sites excluding steroid dienone is 2. The molecule has 1 aromatic rings. The predicted molar refractivity (Wildman–Crippen MR) is 65.8 cm³/mol. The lowest BCUT2D eigenvalue weighted by atomic mass is 9.99. The van der Waals surface area contributed by atoms with Crippen molar-refractivity contribution in [2.75, 3.05) is 7.11 Å². The zero-order valence-corrected chi connectivity index (χ0v) is 10.3. The summed E-state index contributed by atoms with van der Waals surface area (Å²) in [5.41, 5.74) is 3.81. The molecule has 1 heteroatoms. The highest BCUT2D eigenvalue weighted by molar-refractivity contribution is 5.65. The Kier molecular flexibility index (Phi) is 3.96. The average molecular weight is 204 g/mol. The monoisotopic (exact) mass is 204 g/mol. The predicted octanol–water partition coefficient (Wildman–Crippen LogP) is 4.21. The maximum Gasteiger partial charge on any atom is 0.0959 e. The highest BCUT2D eigenvalue weighted by Gasteiger charge is 2.02. The van der Waals surface area contributed by atoms with E-state index >= 15 is 0 Å².